The Morgan fingerprint density at radius 2 is 0.508 bits per heavy atom. The van der Waals surface area contributed by atoms with Crippen molar-refractivity contribution in [1.82, 2.24) is 21.3 Å². The highest BCUT2D eigenvalue weighted by molar-refractivity contribution is 5.91. The smallest absolute Gasteiger partial charge is 0.408 e. The molecule has 130 heavy (non-hydrogen) atoms. The zero-order valence-electron chi connectivity index (χ0n) is 76.5. The standard InChI is InChI=1S/C23H33F2NO5.3C15H19F2NO4.C15H27F2NO3.C7H13F2NO2/c1-15(2)11-17(20(28)30-5)12-19(27)18(13-23(3,4)21(24)25)26-22(29)31-14-16-9-7-6-8-10-16;3*1-15(2,13(16)17)8-11(12(19)20)18-14(21)22-9-10-6-4-3-5-7-10;1-9(2)6-10(13(20)21-5)7-12(19)11(18)8-15(3,4)14(16)17;1-7(2,6(8)9)3-4(10)5(11)12/h6-10,15,17-18,21H,11-14H2,1-5H3,(H,26,29);3*3-7,11,13H,8-9H2,1-2H3,(H,18,21)(H,19,20);9-11,14H,6-8,18H2,1-5H3;4,6H,3,10H2,1-2H3,(H,11,12)/t17-,18+;2*11-;;10-,11+;/m110.1./s1. The summed E-state index contributed by atoms with van der Waals surface area (Å²) < 4.78 is 183. The molecule has 0 radical (unpaired) electrons. The van der Waals surface area contributed by atoms with Crippen LogP contribution in [0.2, 0.25) is 0 Å². The Balaban J connectivity index is 0. The zero-order chi connectivity index (χ0) is 101. The van der Waals surface area contributed by atoms with E-state index in [0.717, 1.165) is 22.3 Å². The van der Waals surface area contributed by atoms with E-state index in [4.69, 9.17) is 55.6 Å². The number of rotatable bonds is 46. The summed E-state index contributed by atoms with van der Waals surface area (Å²) >= 11 is 0. The van der Waals surface area contributed by atoms with Gasteiger partial charge in [-0.2, -0.15) is 0 Å². The van der Waals surface area contributed by atoms with E-state index in [9.17, 15) is 110 Å². The van der Waals surface area contributed by atoms with Gasteiger partial charge >= 0.3 is 60.2 Å². The Morgan fingerprint density at radius 1 is 0.308 bits per heavy atom. The van der Waals surface area contributed by atoms with Gasteiger partial charge in [0.15, 0.2) is 5.78 Å². The molecule has 2 unspecified atom stereocenters. The highest BCUT2D eigenvalue weighted by atomic mass is 19.3. The zero-order valence-corrected chi connectivity index (χ0v) is 76.5. The van der Waals surface area contributed by atoms with Crippen molar-refractivity contribution in [3.05, 3.63) is 144 Å². The van der Waals surface area contributed by atoms with Crippen molar-refractivity contribution >= 4 is 71.8 Å². The van der Waals surface area contributed by atoms with Gasteiger partial charge in [0, 0.05) is 45.3 Å². The number of nitrogens with one attached hydrogen (secondary N) is 4. The fraction of sp³-hybridized carbons (Fsp3) is 0.600. The number of amides is 4. The van der Waals surface area contributed by atoms with E-state index in [0.29, 0.717) is 12.8 Å². The molecule has 0 fully saturated rings. The van der Waals surface area contributed by atoms with Gasteiger partial charge in [0.25, 0.3) is 0 Å². The summed E-state index contributed by atoms with van der Waals surface area (Å²) in [6, 6.07) is 27.6. The molecule has 4 rings (SSSR count). The largest absolute Gasteiger partial charge is 0.480 e. The molecular formula is C90H130F12N6O22. The van der Waals surface area contributed by atoms with Crippen molar-refractivity contribution in [2.75, 3.05) is 14.2 Å². The molecule has 40 heteroatoms. The first-order valence-electron chi connectivity index (χ1n) is 41.1. The molecule has 12 N–H and O–H groups in total. The molecule has 0 spiro atoms. The van der Waals surface area contributed by atoms with Crippen LogP contribution in [0.5, 0.6) is 0 Å². The van der Waals surface area contributed by atoms with Gasteiger partial charge in [-0.25, -0.2) is 86.2 Å². The van der Waals surface area contributed by atoms with Crippen molar-refractivity contribution in [1.29, 1.82) is 0 Å². The highest BCUT2D eigenvalue weighted by Gasteiger charge is 2.42. The number of nitrogens with two attached hydrogens (primary N) is 2. The van der Waals surface area contributed by atoms with Crippen LogP contribution in [-0.4, -0.2) is 181 Å². The monoisotopic (exact) mass is 1870 g/mol. The third kappa shape index (κ3) is 51.6. The van der Waals surface area contributed by atoms with Gasteiger partial charge in [-0.1, -0.05) is 232 Å². The summed E-state index contributed by atoms with van der Waals surface area (Å²) in [5, 5.41) is 44.2. The van der Waals surface area contributed by atoms with Gasteiger partial charge in [-0.15, -0.1) is 0 Å². The first-order valence-corrected chi connectivity index (χ1v) is 41.1. The molecule has 0 aliphatic heterocycles. The second kappa shape index (κ2) is 59.5. The lowest BCUT2D eigenvalue weighted by Crippen LogP contribution is -2.46. The van der Waals surface area contributed by atoms with Crippen LogP contribution in [0.25, 0.3) is 0 Å². The van der Waals surface area contributed by atoms with Gasteiger partial charge in [0.2, 0.25) is 38.6 Å². The topological polar surface area (TPSA) is 441 Å². The third-order valence-corrected chi connectivity index (χ3v) is 19.5. The predicted octanol–water partition coefficient (Wildman–Crippen LogP) is 17.8. The van der Waals surface area contributed by atoms with Crippen LogP contribution < -0.4 is 32.7 Å². The lowest BCUT2D eigenvalue weighted by atomic mass is 9.82. The molecule has 28 nitrogen and oxygen atoms in total. The van der Waals surface area contributed by atoms with Crippen molar-refractivity contribution < 1.29 is 159 Å². The molecule has 0 aliphatic rings. The van der Waals surface area contributed by atoms with Crippen LogP contribution in [0, 0.1) is 56.2 Å². The summed E-state index contributed by atoms with van der Waals surface area (Å²) in [7, 11) is 2.50. The summed E-state index contributed by atoms with van der Waals surface area (Å²) in [6.07, 6.45) is -20.9. The second-order valence-corrected chi connectivity index (χ2v) is 35.6. The van der Waals surface area contributed by atoms with Crippen molar-refractivity contribution in [2.45, 2.75) is 276 Å². The first-order chi connectivity index (χ1) is 59.9. The maximum absolute atomic E-state index is 13.4. The van der Waals surface area contributed by atoms with Gasteiger partial charge < -0.3 is 81.6 Å². The van der Waals surface area contributed by atoms with E-state index >= 15 is 0 Å². The number of halogens is 12. The summed E-state index contributed by atoms with van der Waals surface area (Å²) in [5.74, 6) is -8.23. The number of methoxy groups -OCH3 is 2. The number of Topliss-reactive ketones (excluding diaryl/α,β-unsaturated/α-hetero) is 2. The van der Waals surface area contributed by atoms with Crippen LogP contribution in [0.3, 0.4) is 0 Å². The van der Waals surface area contributed by atoms with Crippen molar-refractivity contribution in [3.63, 3.8) is 0 Å². The normalized spacial score (nSPS) is 13.5. The summed E-state index contributed by atoms with van der Waals surface area (Å²) in [5.41, 5.74) is 5.00. The first kappa shape index (κ1) is 121. The number of benzene rings is 4. The average molecular weight is 1880 g/mol. The lowest BCUT2D eigenvalue weighted by Gasteiger charge is -2.29. The van der Waals surface area contributed by atoms with E-state index in [1.54, 1.807) is 115 Å². The Kier molecular flexibility index (Phi) is 55.5. The number of aliphatic carboxylic acids is 4. The molecule has 0 heterocycles. The number of hydrogen-bond acceptors (Lipinski definition) is 20. The van der Waals surface area contributed by atoms with Gasteiger partial charge in [-0.05, 0) is 85.5 Å². The van der Waals surface area contributed by atoms with Crippen LogP contribution in [-0.2, 0) is 93.2 Å². The number of esters is 2. The number of carboxylic acids is 4. The Morgan fingerprint density at radius 3 is 0.708 bits per heavy atom. The summed E-state index contributed by atoms with van der Waals surface area (Å²) in [4.78, 5) is 139. The Labute approximate surface area is 750 Å². The number of carboxylic acid groups (broad SMARTS) is 4. The van der Waals surface area contributed by atoms with Crippen molar-refractivity contribution in [2.24, 2.45) is 67.6 Å². The third-order valence-electron chi connectivity index (χ3n) is 19.5. The SMILES string of the molecule is CC(C)(CC(N)C(=O)O)C(F)F.CC(C)(CC(NC(=O)OCc1ccccc1)C(=O)O)C(F)F.CC(C)(C[C@@H](NC(=O)OCc1ccccc1)C(=O)O)C(F)F.CC(C)(C[C@H](NC(=O)OCc1ccccc1)C(=O)O)C(F)F.COC(=O)[C@@H](CC(=O)[C@@H](N)CC(C)(C)C(F)F)CC(C)C.COC(=O)[C@@H](CC(=O)[C@H](CC(C)(C)C(F)F)NC(=O)OCc1ccccc1)CC(C)C. The van der Waals surface area contributed by atoms with E-state index in [1.165, 1.54) is 97.3 Å². The Hall–Kier alpha value is -10.8. The molecule has 736 valence electrons. The number of alkyl carbamates (subject to hydrolysis) is 4. The quantitative estimate of drug-likeness (QED) is 0.0112. The minimum absolute atomic E-state index is 0.0239. The molecule has 0 bridgehead atoms. The lowest BCUT2D eigenvalue weighted by molar-refractivity contribution is -0.148. The molecule has 0 saturated heterocycles. The predicted molar refractivity (Wildman–Crippen MR) is 456 cm³/mol. The summed E-state index contributed by atoms with van der Waals surface area (Å²) in [6.45, 7) is 23.0. The second-order valence-electron chi connectivity index (χ2n) is 35.6. The Bertz CT molecular complexity index is 3820. The van der Waals surface area contributed by atoms with Crippen LogP contribution in [0.4, 0.5) is 71.9 Å². The molecule has 0 aromatic heterocycles. The molecule has 0 aliphatic carbocycles. The van der Waals surface area contributed by atoms with Gasteiger partial charge in [0.05, 0.1) is 38.1 Å². The maximum atomic E-state index is 13.4. The van der Waals surface area contributed by atoms with Crippen molar-refractivity contribution in [3.8, 4) is 0 Å². The number of ether oxygens (including phenoxy) is 6. The number of ketones is 2. The number of hydrogen-bond donors (Lipinski definition) is 10. The molecule has 4 amide bonds. The van der Waals surface area contributed by atoms with E-state index in [2.05, 4.69) is 26.0 Å². The molecule has 4 aromatic rings. The van der Waals surface area contributed by atoms with Crippen LogP contribution in [0.1, 0.15) is 197 Å². The highest BCUT2D eigenvalue weighted by Crippen LogP contribution is 2.36. The molecule has 8 atom stereocenters. The van der Waals surface area contributed by atoms with Gasteiger partial charge in [0.1, 0.15) is 56.4 Å². The van der Waals surface area contributed by atoms with E-state index in [-0.39, 0.29) is 76.2 Å². The van der Waals surface area contributed by atoms with E-state index < -0.39 is 204 Å². The fourth-order valence-corrected chi connectivity index (χ4v) is 11.2. The minimum Gasteiger partial charge on any atom is -0.480 e. The number of alkyl halides is 12. The average Bonchev–Trinajstić information content (AvgIpc) is 0.881. The minimum atomic E-state index is -2.70. The van der Waals surface area contributed by atoms with Crippen LogP contribution >= 0.6 is 0 Å². The number of carbonyl (C=O) groups is 12. The molecular weight excluding hydrogens is 1740 g/mol. The van der Waals surface area contributed by atoms with Gasteiger partial charge in [-0.3, -0.25) is 24.0 Å². The maximum Gasteiger partial charge on any atom is 0.408 e. The molecule has 0 saturated carbocycles. The number of carbonyl (C=O) groups excluding carboxylic acids is 8. The van der Waals surface area contributed by atoms with E-state index in [1.807, 2.05) is 33.8 Å². The van der Waals surface area contributed by atoms with Crippen LogP contribution in [0.15, 0.2) is 121 Å². The fourth-order valence-electron chi connectivity index (χ4n) is 11.2. The molecule has 4 aromatic carbocycles.